The van der Waals surface area contributed by atoms with Crippen LogP contribution in [0, 0.1) is 17.8 Å². The molecule has 158 valence electrons. The monoisotopic (exact) mass is 400 g/mol. The first-order valence-corrected chi connectivity index (χ1v) is 10.8. The molecule has 0 amide bonds. The third-order valence-corrected chi connectivity index (χ3v) is 5.78. The molecule has 5 heteroatoms. The maximum absolute atomic E-state index is 6.32. The van der Waals surface area contributed by atoms with Gasteiger partial charge in [-0.2, -0.15) is 0 Å². The van der Waals surface area contributed by atoms with Gasteiger partial charge in [0.25, 0.3) is 0 Å². The van der Waals surface area contributed by atoms with Gasteiger partial charge in [0, 0.05) is 0 Å². The molecular formula is C22H41ClN2O2. The predicted molar refractivity (Wildman–Crippen MR) is 106 cm³/mol. The summed E-state index contributed by atoms with van der Waals surface area (Å²) in [5, 5.41) is 0. The second-order valence-corrected chi connectivity index (χ2v) is 8.55. The van der Waals surface area contributed by atoms with Gasteiger partial charge in [0.05, 0.1) is 12.7 Å². The Morgan fingerprint density at radius 1 is 1.15 bits per heavy atom. The predicted octanol–water partition coefficient (Wildman–Crippen LogP) is 2.16. The van der Waals surface area contributed by atoms with Gasteiger partial charge in [-0.15, -0.1) is 0 Å². The molecule has 1 saturated carbocycles. The van der Waals surface area contributed by atoms with Crippen LogP contribution in [0.4, 0.5) is 0 Å². The number of ether oxygens (including phenoxy) is 2. The Labute approximate surface area is 173 Å². The van der Waals surface area contributed by atoms with Crippen molar-refractivity contribution in [1.29, 1.82) is 0 Å². The van der Waals surface area contributed by atoms with Gasteiger partial charge in [0.15, 0.2) is 13.5 Å². The second kappa shape index (κ2) is 13.6. The van der Waals surface area contributed by atoms with Crippen LogP contribution in [0.15, 0.2) is 18.7 Å². The van der Waals surface area contributed by atoms with Crippen molar-refractivity contribution in [3.8, 4) is 0 Å². The van der Waals surface area contributed by atoms with Gasteiger partial charge in [-0.05, 0) is 37.0 Å². The standard InChI is InChI=1S/C22H41N2O2.ClH/c1-5-6-7-8-9-14-25-17-23-12-13-24(16-23)18-26-22-15-20(4)10-11-21(22)19(2)3;/h12-13,16,19-22H,5-11,14-15,17-18H2,1-4H3;1H/q+1;/p-1/t20-,21+,22-;/m1./s1. The maximum Gasteiger partial charge on any atom is 0.247 e. The first-order valence-electron chi connectivity index (χ1n) is 10.8. The lowest BCUT2D eigenvalue weighted by Crippen LogP contribution is -3.00. The van der Waals surface area contributed by atoms with E-state index >= 15 is 0 Å². The quantitative estimate of drug-likeness (QED) is 0.397. The number of halogens is 1. The van der Waals surface area contributed by atoms with E-state index in [1.54, 1.807) is 0 Å². The third kappa shape index (κ3) is 8.97. The zero-order chi connectivity index (χ0) is 18.8. The highest BCUT2D eigenvalue weighted by Crippen LogP contribution is 2.35. The van der Waals surface area contributed by atoms with Crippen molar-refractivity contribution in [1.82, 2.24) is 4.57 Å². The van der Waals surface area contributed by atoms with Crippen LogP contribution in [0.25, 0.3) is 0 Å². The van der Waals surface area contributed by atoms with E-state index in [2.05, 4.69) is 55.6 Å². The molecule has 0 aromatic carbocycles. The molecule has 0 spiro atoms. The summed E-state index contributed by atoms with van der Waals surface area (Å²) in [6.07, 6.45) is 16.9. The van der Waals surface area contributed by atoms with E-state index in [9.17, 15) is 0 Å². The molecule has 1 aromatic rings. The maximum atomic E-state index is 6.32. The van der Waals surface area contributed by atoms with Gasteiger partial charge < -0.3 is 21.9 Å². The molecule has 1 fully saturated rings. The molecule has 3 atom stereocenters. The lowest BCUT2D eigenvalue weighted by Gasteiger charge is -2.36. The zero-order valence-electron chi connectivity index (χ0n) is 17.9. The molecule has 0 saturated heterocycles. The molecule has 1 aromatic heterocycles. The SMILES string of the molecule is CCCCCCCOC[n+]1ccn(CO[C@@H]2C[C@H](C)CC[C@H]2C(C)C)c1.[Cl-]. The van der Waals surface area contributed by atoms with E-state index < -0.39 is 0 Å². The van der Waals surface area contributed by atoms with Crippen molar-refractivity contribution in [3.05, 3.63) is 18.7 Å². The molecule has 0 radical (unpaired) electrons. The number of hydrogen-bond donors (Lipinski definition) is 0. The highest BCUT2D eigenvalue weighted by molar-refractivity contribution is 4.81. The van der Waals surface area contributed by atoms with Crippen LogP contribution in [-0.2, 0) is 22.9 Å². The van der Waals surface area contributed by atoms with E-state index in [-0.39, 0.29) is 12.4 Å². The van der Waals surface area contributed by atoms with Crippen LogP contribution in [-0.4, -0.2) is 17.3 Å². The molecular weight excluding hydrogens is 360 g/mol. The highest BCUT2D eigenvalue weighted by Gasteiger charge is 2.31. The first-order chi connectivity index (χ1) is 12.6. The second-order valence-electron chi connectivity index (χ2n) is 8.55. The smallest absolute Gasteiger partial charge is 0.247 e. The Balaban J connectivity index is 0.00000364. The first kappa shape index (κ1) is 24.5. The fourth-order valence-electron chi connectivity index (χ4n) is 4.06. The largest absolute Gasteiger partial charge is 1.00 e. The summed E-state index contributed by atoms with van der Waals surface area (Å²) in [6, 6.07) is 0. The van der Waals surface area contributed by atoms with E-state index in [4.69, 9.17) is 9.47 Å². The van der Waals surface area contributed by atoms with Crippen molar-refractivity contribution >= 4 is 0 Å². The molecule has 0 unspecified atom stereocenters. The van der Waals surface area contributed by atoms with Gasteiger partial charge >= 0.3 is 0 Å². The van der Waals surface area contributed by atoms with Crippen LogP contribution < -0.4 is 17.0 Å². The molecule has 2 rings (SSSR count). The summed E-state index contributed by atoms with van der Waals surface area (Å²) in [7, 11) is 0. The number of rotatable bonds is 12. The lowest BCUT2D eigenvalue weighted by atomic mass is 9.75. The van der Waals surface area contributed by atoms with E-state index in [1.807, 2.05) is 0 Å². The highest BCUT2D eigenvalue weighted by atomic mass is 35.5. The van der Waals surface area contributed by atoms with Crippen molar-refractivity contribution in [2.45, 2.75) is 98.6 Å². The van der Waals surface area contributed by atoms with Crippen molar-refractivity contribution < 1.29 is 26.4 Å². The minimum atomic E-state index is 0. The average Bonchev–Trinajstić information content (AvgIpc) is 3.07. The van der Waals surface area contributed by atoms with Crippen molar-refractivity contribution in [3.63, 3.8) is 0 Å². The van der Waals surface area contributed by atoms with Crippen LogP contribution in [0.1, 0.15) is 79.1 Å². The Morgan fingerprint density at radius 2 is 1.93 bits per heavy atom. The van der Waals surface area contributed by atoms with E-state index in [1.165, 1.54) is 51.4 Å². The summed E-state index contributed by atoms with van der Waals surface area (Å²) in [6.45, 7) is 11.4. The Bertz CT molecular complexity index is 492. The third-order valence-electron chi connectivity index (χ3n) is 5.78. The Hall–Kier alpha value is -0.580. The molecule has 27 heavy (non-hydrogen) atoms. The molecule has 1 heterocycles. The zero-order valence-corrected chi connectivity index (χ0v) is 18.7. The van der Waals surface area contributed by atoms with Gasteiger partial charge in [0.2, 0.25) is 6.33 Å². The summed E-state index contributed by atoms with van der Waals surface area (Å²) >= 11 is 0. The normalized spacial score (nSPS) is 22.8. The van der Waals surface area contributed by atoms with Crippen LogP contribution in [0.5, 0.6) is 0 Å². The fraction of sp³-hybridized carbons (Fsp3) is 0.864. The number of hydrogen-bond acceptors (Lipinski definition) is 2. The number of imidazole rings is 1. The molecule has 0 bridgehead atoms. The fourth-order valence-corrected chi connectivity index (χ4v) is 4.06. The summed E-state index contributed by atoms with van der Waals surface area (Å²) in [4.78, 5) is 0. The summed E-state index contributed by atoms with van der Waals surface area (Å²) in [5.41, 5.74) is 0. The molecule has 1 aliphatic rings. The van der Waals surface area contributed by atoms with Crippen LogP contribution >= 0.6 is 0 Å². The number of nitrogens with zero attached hydrogens (tertiary/aromatic N) is 2. The number of unbranched alkanes of at least 4 members (excludes halogenated alkanes) is 4. The lowest BCUT2D eigenvalue weighted by molar-refractivity contribution is -0.732. The van der Waals surface area contributed by atoms with Crippen molar-refractivity contribution in [2.75, 3.05) is 6.61 Å². The van der Waals surface area contributed by atoms with Crippen LogP contribution in [0.2, 0.25) is 0 Å². The van der Waals surface area contributed by atoms with Gasteiger partial charge in [-0.1, -0.05) is 59.8 Å². The minimum absolute atomic E-state index is 0. The number of aromatic nitrogens is 2. The van der Waals surface area contributed by atoms with Gasteiger partial charge in [-0.3, -0.25) is 0 Å². The Morgan fingerprint density at radius 3 is 2.67 bits per heavy atom. The molecule has 1 aliphatic carbocycles. The molecule has 4 nitrogen and oxygen atoms in total. The van der Waals surface area contributed by atoms with Crippen LogP contribution in [0.3, 0.4) is 0 Å². The van der Waals surface area contributed by atoms with E-state index in [0.717, 1.165) is 12.5 Å². The average molecular weight is 401 g/mol. The van der Waals surface area contributed by atoms with Crippen molar-refractivity contribution in [2.24, 2.45) is 17.8 Å². The van der Waals surface area contributed by atoms with Gasteiger partial charge in [0.1, 0.15) is 12.4 Å². The summed E-state index contributed by atoms with van der Waals surface area (Å²) in [5.74, 6) is 2.19. The molecule has 0 N–H and O–H groups in total. The topological polar surface area (TPSA) is 27.3 Å². The molecule has 0 aliphatic heterocycles. The van der Waals surface area contributed by atoms with E-state index in [0.29, 0.717) is 31.4 Å². The summed E-state index contributed by atoms with van der Waals surface area (Å²) < 4.78 is 16.3. The Kier molecular flexibility index (Phi) is 12.3. The minimum Gasteiger partial charge on any atom is -1.00 e. The van der Waals surface area contributed by atoms with Gasteiger partial charge in [-0.25, -0.2) is 9.13 Å².